The van der Waals surface area contributed by atoms with Gasteiger partial charge in [-0.15, -0.1) is 11.3 Å². The number of pyridine rings is 1. The fourth-order valence-electron chi connectivity index (χ4n) is 2.62. The second-order valence-electron chi connectivity index (χ2n) is 5.07. The van der Waals surface area contributed by atoms with Gasteiger partial charge in [0.2, 0.25) is 0 Å². The van der Waals surface area contributed by atoms with E-state index >= 15 is 0 Å². The number of imidazole rings is 1. The van der Waals surface area contributed by atoms with Gasteiger partial charge in [0.1, 0.15) is 5.82 Å². The molecule has 0 amide bonds. The van der Waals surface area contributed by atoms with Gasteiger partial charge >= 0.3 is 0 Å². The minimum atomic E-state index is 0.858. The molecular weight excluding hydrogens is 282 g/mol. The fraction of sp³-hybridized carbons (Fsp3) is 0.200. The zero-order valence-corrected chi connectivity index (χ0v) is 12.8. The molecule has 21 heavy (non-hydrogen) atoms. The van der Waals surface area contributed by atoms with Gasteiger partial charge in [0.05, 0.1) is 22.4 Å². The van der Waals surface area contributed by atoms with Crippen LogP contribution in [-0.4, -0.2) is 24.3 Å². The van der Waals surface area contributed by atoms with E-state index in [0.29, 0.717) is 0 Å². The molecule has 4 aromatic heterocycles. The van der Waals surface area contributed by atoms with E-state index in [1.165, 1.54) is 0 Å². The molecule has 5 nitrogen and oxygen atoms in total. The van der Waals surface area contributed by atoms with Crippen LogP contribution in [0.25, 0.3) is 27.4 Å². The standard InChI is InChI=1S/C15H13N5S/c1-8-4-5-11(6-16-8)13-18-9(2)12-10(3)19-15-14(20(12)13)17-7-21-15/h4-7H,1-3H3. The van der Waals surface area contributed by atoms with E-state index in [0.717, 1.165) is 44.5 Å². The maximum atomic E-state index is 4.73. The molecule has 0 aliphatic carbocycles. The predicted octanol–water partition coefficient (Wildman–Crippen LogP) is 3.33. The topological polar surface area (TPSA) is 56.0 Å². The number of fused-ring (bicyclic) bond motifs is 3. The third-order valence-corrected chi connectivity index (χ3v) is 4.28. The lowest BCUT2D eigenvalue weighted by atomic mass is 10.2. The molecule has 0 spiro atoms. The lowest BCUT2D eigenvalue weighted by Crippen LogP contribution is -1.96. The van der Waals surface area contributed by atoms with Gasteiger partial charge in [0, 0.05) is 17.5 Å². The number of nitrogens with zero attached hydrogens (tertiary/aromatic N) is 5. The number of hydrogen-bond donors (Lipinski definition) is 0. The van der Waals surface area contributed by atoms with Crippen LogP contribution < -0.4 is 0 Å². The normalized spacial score (nSPS) is 11.6. The smallest absolute Gasteiger partial charge is 0.176 e. The van der Waals surface area contributed by atoms with E-state index in [4.69, 9.17) is 4.98 Å². The summed E-state index contributed by atoms with van der Waals surface area (Å²) in [5.41, 5.74) is 7.63. The summed E-state index contributed by atoms with van der Waals surface area (Å²) in [7, 11) is 0. The van der Waals surface area contributed by atoms with Crippen LogP contribution in [-0.2, 0) is 0 Å². The first-order valence-electron chi connectivity index (χ1n) is 6.67. The van der Waals surface area contributed by atoms with Crippen LogP contribution in [0.4, 0.5) is 0 Å². The third-order valence-electron chi connectivity index (χ3n) is 3.58. The van der Waals surface area contributed by atoms with E-state index in [1.54, 1.807) is 11.3 Å². The van der Waals surface area contributed by atoms with Crippen LogP contribution in [0.1, 0.15) is 17.1 Å². The van der Waals surface area contributed by atoms with E-state index < -0.39 is 0 Å². The first-order chi connectivity index (χ1) is 10.1. The minimum Gasteiger partial charge on any atom is -0.272 e. The maximum absolute atomic E-state index is 4.73. The SMILES string of the molecule is Cc1ccc(-c2nc(C)c3c(C)nc4scnc4n23)cn1. The van der Waals surface area contributed by atoms with Gasteiger partial charge in [-0.3, -0.25) is 9.38 Å². The summed E-state index contributed by atoms with van der Waals surface area (Å²) in [6, 6.07) is 4.04. The molecule has 0 bridgehead atoms. The number of rotatable bonds is 1. The lowest BCUT2D eigenvalue weighted by Gasteiger charge is -2.04. The van der Waals surface area contributed by atoms with Crippen molar-refractivity contribution in [1.82, 2.24) is 24.3 Å². The van der Waals surface area contributed by atoms with Crippen molar-refractivity contribution >= 4 is 27.3 Å². The number of thiazole rings is 1. The summed E-state index contributed by atoms with van der Waals surface area (Å²) in [4.78, 5) is 19.1. The summed E-state index contributed by atoms with van der Waals surface area (Å²) in [6.45, 7) is 6.00. The summed E-state index contributed by atoms with van der Waals surface area (Å²) >= 11 is 1.55. The van der Waals surface area contributed by atoms with Crippen molar-refractivity contribution in [3.8, 4) is 11.4 Å². The molecule has 0 N–H and O–H groups in total. The van der Waals surface area contributed by atoms with Crippen LogP contribution in [0.5, 0.6) is 0 Å². The molecule has 0 aromatic carbocycles. The van der Waals surface area contributed by atoms with Gasteiger partial charge in [-0.1, -0.05) is 0 Å². The summed E-state index contributed by atoms with van der Waals surface area (Å²) in [5, 5.41) is 0. The molecule has 0 aliphatic heterocycles. The van der Waals surface area contributed by atoms with Crippen molar-refractivity contribution in [1.29, 1.82) is 0 Å². The van der Waals surface area contributed by atoms with Crippen molar-refractivity contribution < 1.29 is 0 Å². The van der Waals surface area contributed by atoms with E-state index in [1.807, 2.05) is 44.6 Å². The van der Waals surface area contributed by atoms with Crippen LogP contribution >= 0.6 is 11.3 Å². The van der Waals surface area contributed by atoms with E-state index in [9.17, 15) is 0 Å². The highest BCUT2D eigenvalue weighted by Crippen LogP contribution is 2.28. The highest BCUT2D eigenvalue weighted by atomic mass is 32.1. The molecule has 0 saturated carbocycles. The number of aryl methyl sites for hydroxylation is 3. The Morgan fingerprint density at radius 2 is 1.81 bits per heavy atom. The predicted molar refractivity (Wildman–Crippen MR) is 83.6 cm³/mol. The Balaban J connectivity index is 2.16. The molecule has 0 aliphatic rings. The third kappa shape index (κ3) is 1.76. The largest absolute Gasteiger partial charge is 0.272 e. The molecule has 0 unspecified atom stereocenters. The average Bonchev–Trinajstić information content (AvgIpc) is 3.04. The van der Waals surface area contributed by atoms with Crippen LogP contribution in [0.2, 0.25) is 0 Å². The molecule has 4 rings (SSSR count). The minimum absolute atomic E-state index is 0.858. The highest BCUT2D eigenvalue weighted by molar-refractivity contribution is 7.16. The van der Waals surface area contributed by atoms with Gasteiger partial charge < -0.3 is 0 Å². The Morgan fingerprint density at radius 3 is 2.57 bits per heavy atom. The quantitative estimate of drug-likeness (QED) is 0.540. The van der Waals surface area contributed by atoms with Gasteiger partial charge in [-0.25, -0.2) is 15.0 Å². The van der Waals surface area contributed by atoms with Gasteiger partial charge in [0.15, 0.2) is 10.5 Å². The Labute approximate surface area is 125 Å². The zero-order chi connectivity index (χ0) is 14.6. The van der Waals surface area contributed by atoms with Crippen molar-refractivity contribution in [3.05, 3.63) is 40.9 Å². The van der Waals surface area contributed by atoms with Crippen molar-refractivity contribution in [2.24, 2.45) is 0 Å². The summed E-state index contributed by atoms with van der Waals surface area (Å²) < 4.78 is 2.09. The lowest BCUT2D eigenvalue weighted by molar-refractivity contribution is 1.12. The van der Waals surface area contributed by atoms with Crippen molar-refractivity contribution in [3.63, 3.8) is 0 Å². The van der Waals surface area contributed by atoms with Crippen molar-refractivity contribution in [2.45, 2.75) is 20.8 Å². The maximum Gasteiger partial charge on any atom is 0.176 e. The van der Waals surface area contributed by atoms with E-state index in [-0.39, 0.29) is 0 Å². The Hall–Kier alpha value is -2.34. The number of aromatic nitrogens is 5. The van der Waals surface area contributed by atoms with Crippen LogP contribution in [0, 0.1) is 20.8 Å². The summed E-state index contributed by atoms with van der Waals surface area (Å²) in [6.07, 6.45) is 1.86. The first-order valence-corrected chi connectivity index (χ1v) is 7.55. The molecule has 0 saturated heterocycles. The number of hydrogen-bond acceptors (Lipinski definition) is 5. The first kappa shape index (κ1) is 12.4. The Bertz CT molecular complexity index is 965. The highest BCUT2D eigenvalue weighted by Gasteiger charge is 2.17. The molecular formula is C15H13N5S. The van der Waals surface area contributed by atoms with Crippen molar-refractivity contribution in [2.75, 3.05) is 0 Å². The molecule has 6 heteroatoms. The second kappa shape index (κ2) is 4.33. The Kier molecular flexibility index (Phi) is 2.56. The molecule has 0 atom stereocenters. The molecule has 0 fully saturated rings. The molecule has 0 radical (unpaired) electrons. The van der Waals surface area contributed by atoms with Crippen LogP contribution in [0.3, 0.4) is 0 Å². The van der Waals surface area contributed by atoms with Gasteiger partial charge in [-0.05, 0) is 32.9 Å². The van der Waals surface area contributed by atoms with Gasteiger partial charge in [-0.2, -0.15) is 0 Å². The molecule has 4 heterocycles. The summed E-state index contributed by atoms with van der Waals surface area (Å²) in [5.74, 6) is 0.872. The molecule has 104 valence electrons. The second-order valence-corrected chi connectivity index (χ2v) is 5.90. The van der Waals surface area contributed by atoms with Gasteiger partial charge in [0.25, 0.3) is 0 Å². The molecule has 4 aromatic rings. The van der Waals surface area contributed by atoms with Crippen LogP contribution in [0.15, 0.2) is 23.8 Å². The average molecular weight is 295 g/mol. The van der Waals surface area contributed by atoms with E-state index in [2.05, 4.69) is 19.4 Å². The fourth-order valence-corrected chi connectivity index (χ4v) is 3.31. The Morgan fingerprint density at radius 1 is 1.00 bits per heavy atom. The zero-order valence-electron chi connectivity index (χ0n) is 12.0. The monoisotopic (exact) mass is 295 g/mol.